The van der Waals surface area contributed by atoms with Gasteiger partial charge in [0.25, 0.3) is 11.8 Å². The van der Waals surface area contributed by atoms with E-state index in [1.165, 1.54) is 31.4 Å². The summed E-state index contributed by atoms with van der Waals surface area (Å²) in [6.45, 7) is 5.44. The highest BCUT2D eigenvalue weighted by molar-refractivity contribution is 5.97. The number of hydrogen-bond acceptors (Lipinski definition) is 7. The number of rotatable bonds is 11. The second-order valence-electron chi connectivity index (χ2n) is 7.93. The summed E-state index contributed by atoms with van der Waals surface area (Å²) in [5, 5.41) is 21.7. The van der Waals surface area contributed by atoms with Crippen LogP contribution in [0.4, 0.5) is 0 Å². The van der Waals surface area contributed by atoms with Gasteiger partial charge in [-0.25, -0.2) is 15.0 Å². The summed E-state index contributed by atoms with van der Waals surface area (Å²) in [6, 6.07) is 4.23. The molecular formula is C22H31N3O8. The summed E-state index contributed by atoms with van der Waals surface area (Å²) in [5.74, 6) is -4.99. The van der Waals surface area contributed by atoms with E-state index in [-0.39, 0.29) is 35.1 Å². The molecule has 0 saturated heterocycles. The molecule has 1 aromatic carbocycles. The molecule has 0 aromatic heterocycles. The summed E-state index contributed by atoms with van der Waals surface area (Å²) in [5.41, 5.74) is 2.27. The van der Waals surface area contributed by atoms with Crippen molar-refractivity contribution in [3.05, 3.63) is 35.4 Å². The molecule has 0 aliphatic heterocycles. The number of nitrogens with zero attached hydrogens (tertiary/aromatic N) is 1. The first-order valence-corrected chi connectivity index (χ1v) is 10.5. The molecule has 1 aromatic rings. The van der Waals surface area contributed by atoms with Crippen LogP contribution in [0, 0.1) is 11.8 Å². The number of methoxy groups -OCH3 is 1. The van der Waals surface area contributed by atoms with Crippen molar-refractivity contribution < 1.29 is 39.0 Å². The van der Waals surface area contributed by atoms with Gasteiger partial charge in [0.2, 0.25) is 5.91 Å². The second-order valence-corrected chi connectivity index (χ2v) is 7.93. The Labute approximate surface area is 192 Å². The summed E-state index contributed by atoms with van der Waals surface area (Å²) >= 11 is 0. The molecule has 33 heavy (non-hydrogen) atoms. The van der Waals surface area contributed by atoms with E-state index in [1.807, 2.05) is 19.3 Å². The zero-order valence-electron chi connectivity index (χ0n) is 19.2. The topological polar surface area (TPSA) is 162 Å². The zero-order valence-corrected chi connectivity index (χ0v) is 19.2. The monoisotopic (exact) mass is 465 g/mol. The molecule has 0 aliphatic carbocycles. The minimum absolute atomic E-state index is 0.00468. The molecular weight excluding hydrogens is 434 g/mol. The van der Waals surface area contributed by atoms with E-state index < -0.39 is 48.0 Å². The van der Waals surface area contributed by atoms with Crippen LogP contribution in [-0.4, -0.2) is 58.3 Å². The Balaban J connectivity index is 2.77. The van der Waals surface area contributed by atoms with Gasteiger partial charge in [0, 0.05) is 17.9 Å². The lowest BCUT2D eigenvalue weighted by Crippen LogP contribution is -2.47. The number of aliphatic carboxylic acids is 1. The first-order chi connectivity index (χ1) is 15.5. The van der Waals surface area contributed by atoms with Gasteiger partial charge in [-0.15, -0.1) is 5.17 Å². The number of hydroxylamine groups is 1. The van der Waals surface area contributed by atoms with Crippen molar-refractivity contribution in [1.82, 2.24) is 15.9 Å². The van der Waals surface area contributed by atoms with Gasteiger partial charge in [0.15, 0.2) is 0 Å². The molecule has 1 rings (SSSR count). The van der Waals surface area contributed by atoms with Crippen LogP contribution < -0.4 is 10.7 Å². The Morgan fingerprint density at radius 1 is 1.06 bits per heavy atom. The number of ether oxygens (including phenoxy) is 1. The lowest BCUT2D eigenvalue weighted by atomic mass is 9.96. The summed E-state index contributed by atoms with van der Waals surface area (Å²) in [7, 11) is 1.22. The van der Waals surface area contributed by atoms with Gasteiger partial charge in [-0.1, -0.05) is 27.2 Å². The van der Waals surface area contributed by atoms with E-state index in [0.29, 0.717) is 6.42 Å². The van der Waals surface area contributed by atoms with E-state index in [2.05, 4.69) is 10.1 Å². The van der Waals surface area contributed by atoms with Gasteiger partial charge in [0.05, 0.1) is 12.7 Å². The smallest absolute Gasteiger partial charge is 0.337 e. The van der Waals surface area contributed by atoms with Crippen molar-refractivity contribution in [3.63, 3.8) is 0 Å². The maximum atomic E-state index is 12.6. The van der Waals surface area contributed by atoms with Gasteiger partial charge in [-0.3, -0.25) is 19.6 Å². The quantitative estimate of drug-likeness (QED) is 0.218. The van der Waals surface area contributed by atoms with E-state index in [9.17, 15) is 34.3 Å². The highest BCUT2D eigenvalue weighted by Crippen LogP contribution is 2.15. The largest absolute Gasteiger partial charge is 0.480 e. The Morgan fingerprint density at radius 3 is 2.12 bits per heavy atom. The van der Waals surface area contributed by atoms with Gasteiger partial charge in [-0.05, 0) is 43.0 Å². The first kappa shape index (κ1) is 27.6. The number of nitrogens with one attached hydrogen (secondary N) is 2. The number of amides is 3. The zero-order chi connectivity index (χ0) is 25.1. The number of esters is 1. The van der Waals surface area contributed by atoms with Crippen molar-refractivity contribution >= 4 is 29.7 Å². The number of hydrazine groups is 1. The fourth-order valence-electron chi connectivity index (χ4n) is 3.05. The number of benzene rings is 1. The molecule has 1 unspecified atom stereocenters. The van der Waals surface area contributed by atoms with Crippen molar-refractivity contribution in [2.45, 2.75) is 52.5 Å². The lowest BCUT2D eigenvalue weighted by Gasteiger charge is -2.22. The van der Waals surface area contributed by atoms with E-state index in [0.717, 1.165) is 0 Å². The van der Waals surface area contributed by atoms with Crippen LogP contribution in [0.3, 0.4) is 0 Å². The molecule has 182 valence electrons. The summed E-state index contributed by atoms with van der Waals surface area (Å²) in [6.07, 6.45) is 0.608. The van der Waals surface area contributed by atoms with Gasteiger partial charge in [0.1, 0.15) is 6.04 Å². The Kier molecular flexibility index (Phi) is 11.0. The molecule has 11 heteroatoms. The van der Waals surface area contributed by atoms with Crippen molar-refractivity contribution in [3.8, 4) is 0 Å². The maximum absolute atomic E-state index is 12.6. The highest BCUT2D eigenvalue weighted by Gasteiger charge is 2.29. The van der Waals surface area contributed by atoms with Crippen LogP contribution >= 0.6 is 0 Å². The first-order valence-electron chi connectivity index (χ1n) is 10.5. The third kappa shape index (κ3) is 8.89. The Bertz CT molecular complexity index is 854. The van der Waals surface area contributed by atoms with Crippen LogP contribution in [0.15, 0.2) is 24.3 Å². The number of carboxylic acid groups (broad SMARTS) is 1. The molecule has 0 spiro atoms. The molecule has 0 saturated carbocycles. The van der Waals surface area contributed by atoms with Crippen LogP contribution in [0.25, 0.3) is 0 Å². The molecule has 11 nitrogen and oxygen atoms in total. The van der Waals surface area contributed by atoms with Crippen LogP contribution in [0.5, 0.6) is 0 Å². The average Bonchev–Trinajstić information content (AvgIpc) is 2.77. The second kappa shape index (κ2) is 13.2. The SMILES string of the molecule is CCCC(CC(=O)N(O)NC(=O)c1ccc(C(=O)OC)cc1)C(=O)N[C@@H](CC(C)C)C(=O)O. The molecule has 0 bridgehead atoms. The van der Waals surface area contributed by atoms with Gasteiger partial charge < -0.3 is 15.2 Å². The summed E-state index contributed by atoms with van der Waals surface area (Å²) in [4.78, 5) is 60.1. The van der Waals surface area contributed by atoms with Gasteiger partial charge in [-0.2, -0.15) is 0 Å². The predicted octanol–water partition coefficient (Wildman–Crippen LogP) is 1.76. The van der Waals surface area contributed by atoms with E-state index in [4.69, 9.17) is 0 Å². The highest BCUT2D eigenvalue weighted by atomic mass is 16.6. The molecule has 3 amide bonds. The van der Waals surface area contributed by atoms with Crippen molar-refractivity contribution in [1.29, 1.82) is 0 Å². The fraction of sp³-hybridized carbons (Fsp3) is 0.500. The number of carbonyl (C=O) groups excluding carboxylic acids is 4. The van der Waals surface area contributed by atoms with Crippen molar-refractivity contribution in [2.24, 2.45) is 11.8 Å². The number of carbonyl (C=O) groups is 5. The minimum Gasteiger partial charge on any atom is -0.480 e. The molecule has 0 radical (unpaired) electrons. The molecule has 2 atom stereocenters. The standard InChI is InChI=1S/C22H31N3O8/c1-5-6-16(19(27)23-17(21(29)30)11-13(2)3)12-18(26)25(32)24-20(28)14-7-9-15(10-8-14)22(31)33-4/h7-10,13,16-17,32H,5-6,11-12H2,1-4H3,(H,23,27)(H,24,28)(H,29,30)/t16?,17-/m0/s1. The number of hydrogen-bond donors (Lipinski definition) is 4. The Hall–Kier alpha value is -3.47. The van der Waals surface area contributed by atoms with Crippen LogP contribution in [0.1, 0.15) is 67.2 Å². The third-order valence-electron chi connectivity index (χ3n) is 4.76. The molecule has 0 heterocycles. The lowest BCUT2D eigenvalue weighted by molar-refractivity contribution is -0.177. The molecule has 0 aliphatic rings. The third-order valence-corrected chi connectivity index (χ3v) is 4.76. The van der Waals surface area contributed by atoms with Crippen LogP contribution in [-0.2, 0) is 19.1 Å². The predicted molar refractivity (Wildman–Crippen MR) is 116 cm³/mol. The minimum atomic E-state index is -1.17. The van der Waals surface area contributed by atoms with E-state index >= 15 is 0 Å². The normalized spacial score (nSPS) is 12.4. The summed E-state index contributed by atoms with van der Waals surface area (Å²) < 4.78 is 4.57. The Morgan fingerprint density at radius 2 is 1.64 bits per heavy atom. The van der Waals surface area contributed by atoms with E-state index in [1.54, 1.807) is 6.92 Å². The maximum Gasteiger partial charge on any atom is 0.337 e. The fourth-order valence-corrected chi connectivity index (χ4v) is 3.05. The van der Waals surface area contributed by atoms with Gasteiger partial charge >= 0.3 is 11.9 Å². The molecule has 4 N–H and O–H groups in total. The van der Waals surface area contributed by atoms with Crippen LogP contribution in [0.2, 0.25) is 0 Å². The van der Waals surface area contributed by atoms with Crippen molar-refractivity contribution in [2.75, 3.05) is 7.11 Å². The molecule has 0 fully saturated rings. The average molecular weight is 466 g/mol. The number of carboxylic acids is 1.